The SMILES string of the molecule is CC(C)(C)c1ccnc(-c2[c-]cccc2)n1.[2H]C([2H])([2H])c1c[c-]c(-c2nc3cccc(C([2H])([2H])[2H])c3n2-c2c(C(C)C)cc(-c3ccccc3)cc2C(C)C)c2oc3cc4c(nc3c12)oc1ccccc14.[Ir]. The van der Waals surface area contributed by atoms with Gasteiger partial charge in [-0.25, -0.2) is 4.98 Å². The fourth-order valence-electron chi connectivity index (χ4n) is 8.60. The van der Waals surface area contributed by atoms with Crippen LogP contribution in [0.1, 0.15) is 96.5 Å². The largest absolute Gasteiger partial charge is 0.499 e. The number of rotatable bonds is 6. The minimum atomic E-state index is -2.54. The van der Waals surface area contributed by atoms with Crippen molar-refractivity contribution in [2.45, 2.75) is 79.4 Å². The standard InChI is InChI=1S/C44H36N3O2.C14H15N2.Ir/c1-24(2)32-21-29(28-14-8-7-9-15-28)22-33(25(3)4)41(32)47-40-27(6)13-12-17-35(40)45-43(47)31-20-19-26(5)38-39-37(48-42(31)38)23-34-30-16-10-11-18-36(30)49-44(34)46-39;1-14(2,3)12-9-10-15-13(16-12)11-7-5-4-6-8-11;/h7-19,21-25H,1-6H3;4-7,9-10H,1-3H3;/q2*-1;/i5D3,6D3;;. The Kier molecular flexibility index (Phi) is 9.98. The van der Waals surface area contributed by atoms with Crippen LogP contribution in [-0.2, 0) is 25.5 Å². The van der Waals surface area contributed by atoms with Gasteiger partial charge in [-0.1, -0.05) is 122 Å². The summed E-state index contributed by atoms with van der Waals surface area (Å²) >= 11 is 0. The van der Waals surface area contributed by atoms with Gasteiger partial charge in [0.2, 0.25) is 5.71 Å². The summed E-state index contributed by atoms with van der Waals surface area (Å²) in [5, 5.41) is 1.89. The van der Waals surface area contributed by atoms with Crippen molar-refractivity contribution < 1.29 is 37.2 Å². The molecule has 7 nitrogen and oxygen atoms in total. The van der Waals surface area contributed by atoms with Crippen LogP contribution >= 0.6 is 0 Å². The summed E-state index contributed by atoms with van der Waals surface area (Å²) in [6, 6.07) is 46.7. The molecule has 0 atom stereocenters. The van der Waals surface area contributed by atoms with Crippen molar-refractivity contribution in [2.24, 2.45) is 0 Å². The minimum absolute atomic E-state index is 0. The molecule has 11 aromatic rings. The monoisotopic (exact) mass is 1050 g/mol. The maximum absolute atomic E-state index is 8.65. The van der Waals surface area contributed by atoms with Crippen LogP contribution in [-0.4, -0.2) is 24.5 Å². The molecule has 5 heterocycles. The van der Waals surface area contributed by atoms with Crippen LogP contribution in [0.15, 0.2) is 142 Å². The molecule has 5 aromatic heterocycles. The van der Waals surface area contributed by atoms with Gasteiger partial charge in [0.25, 0.3) is 0 Å². The van der Waals surface area contributed by atoms with E-state index >= 15 is 0 Å². The summed E-state index contributed by atoms with van der Waals surface area (Å²) in [4.78, 5) is 18.9. The molecule has 0 aliphatic rings. The van der Waals surface area contributed by atoms with Gasteiger partial charge < -0.3 is 13.4 Å². The van der Waals surface area contributed by atoms with E-state index in [0.29, 0.717) is 50.2 Å². The van der Waals surface area contributed by atoms with Crippen LogP contribution in [0, 0.1) is 25.8 Å². The first-order valence-corrected chi connectivity index (χ1v) is 21.9. The number of fused-ring (bicyclic) bond motifs is 7. The molecule has 0 bridgehead atoms. The Hall–Kier alpha value is -6.73. The number of hydrogen-bond acceptors (Lipinski definition) is 6. The van der Waals surface area contributed by atoms with Crippen molar-refractivity contribution >= 4 is 55.2 Å². The summed E-state index contributed by atoms with van der Waals surface area (Å²) in [6.45, 7) is 9.93. The number of hydrogen-bond donors (Lipinski definition) is 0. The third-order valence-corrected chi connectivity index (χ3v) is 11.9. The molecule has 0 amide bonds. The van der Waals surface area contributed by atoms with Crippen molar-refractivity contribution in [2.75, 3.05) is 0 Å². The minimum Gasteiger partial charge on any atom is -0.499 e. The van der Waals surface area contributed by atoms with E-state index in [4.69, 9.17) is 27.0 Å². The summed E-state index contributed by atoms with van der Waals surface area (Å²) < 4.78 is 66.3. The predicted molar refractivity (Wildman–Crippen MR) is 266 cm³/mol. The van der Waals surface area contributed by atoms with E-state index in [2.05, 4.69) is 94.8 Å². The third-order valence-electron chi connectivity index (χ3n) is 11.9. The summed E-state index contributed by atoms with van der Waals surface area (Å²) in [5.41, 5.74) is 10.4. The normalized spacial score (nSPS) is 13.6. The maximum Gasteiger partial charge on any atom is 0.228 e. The van der Waals surface area contributed by atoms with E-state index in [9.17, 15) is 0 Å². The quantitative estimate of drug-likeness (QED) is 0.154. The van der Waals surface area contributed by atoms with Crippen molar-refractivity contribution in [3.05, 3.63) is 174 Å². The van der Waals surface area contributed by atoms with E-state index in [1.807, 2.05) is 89.6 Å². The van der Waals surface area contributed by atoms with Gasteiger partial charge in [-0.05, 0) is 88.3 Å². The molecule has 0 aliphatic carbocycles. The number of aromatic nitrogens is 5. The number of pyridine rings is 1. The molecule has 0 unspecified atom stereocenters. The van der Waals surface area contributed by atoms with Crippen LogP contribution < -0.4 is 0 Å². The zero-order valence-electron chi connectivity index (χ0n) is 43.7. The zero-order chi connectivity index (χ0) is 50.1. The molecule has 6 aromatic carbocycles. The van der Waals surface area contributed by atoms with Gasteiger partial charge in [0.05, 0.1) is 33.7 Å². The maximum atomic E-state index is 8.65. The fourth-order valence-corrected chi connectivity index (χ4v) is 8.60. The summed E-state index contributed by atoms with van der Waals surface area (Å²) in [6.07, 6.45) is 1.81. The average molecular weight is 1050 g/mol. The van der Waals surface area contributed by atoms with Gasteiger partial charge in [-0.15, -0.1) is 53.6 Å². The molecule has 0 aliphatic heterocycles. The molecule has 0 fully saturated rings. The van der Waals surface area contributed by atoms with Gasteiger partial charge in [-0.3, -0.25) is 15.0 Å². The van der Waals surface area contributed by atoms with Gasteiger partial charge in [-0.2, -0.15) is 0 Å². The first kappa shape index (κ1) is 37.5. The van der Waals surface area contributed by atoms with E-state index in [-0.39, 0.29) is 54.1 Å². The molecule has 0 saturated heterocycles. The van der Waals surface area contributed by atoms with E-state index < -0.39 is 13.7 Å². The topological polar surface area (TPSA) is 82.8 Å². The van der Waals surface area contributed by atoms with Crippen molar-refractivity contribution in [1.82, 2.24) is 24.5 Å². The number of para-hydroxylation sites is 2. The van der Waals surface area contributed by atoms with Crippen LogP contribution in [0.5, 0.6) is 0 Å². The van der Waals surface area contributed by atoms with Crippen molar-refractivity contribution in [1.29, 1.82) is 0 Å². The van der Waals surface area contributed by atoms with Gasteiger partial charge in [0.15, 0.2) is 0 Å². The zero-order valence-corrected chi connectivity index (χ0v) is 40.1. The van der Waals surface area contributed by atoms with Gasteiger partial charge in [0, 0.05) is 56.7 Å². The van der Waals surface area contributed by atoms with Crippen molar-refractivity contribution in [3.8, 4) is 39.6 Å². The first-order chi connectivity index (χ1) is 33.8. The van der Waals surface area contributed by atoms with Crippen LogP contribution in [0.3, 0.4) is 0 Å². The third kappa shape index (κ3) is 7.92. The Morgan fingerprint density at radius 1 is 0.682 bits per heavy atom. The number of furan rings is 2. The van der Waals surface area contributed by atoms with Crippen molar-refractivity contribution in [3.63, 3.8) is 0 Å². The molecule has 11 rings (SSSR count). The molecule has 1 radical (unpaired) electrons. The number of nitrogens with zero attached hydrogens (tertiary/aromatic N) is 5. The average Bonchev–Trinajstić information content (AvgIpc) is 4.03. The summed E-state index contributed by atoms with van der Waals surface area (Å²) in [7, 11) is 0. The number of benzene rings is 6. The second-order valence-corrected chi connectivity index (χ2v) is 18.1. The second-order valence-electron chi connectivity index (χ2n) is 18.1. The second kappa shape index (κ2) is 17.6. The smallest absolute Gasteiger partial charge is 0.228 e. The van der Waals surface area contributed by atoms with Crippen LogP contribution in [0.25, 0.3) is 94.8 Å². The number of aryl methyl sites for hydroxylation is 2. The molecule has 0 spiro atoms. The molecule has 331 valence electrons. The molecular weight excluding hydrogens is 991 g/mol. The molecular formula is C58H51IrN5O2-2. The van der Waals surface area contributed by atoms with E-state index in [0.717, 1.165) is 55.8 Å². The Bertz CT molecular complexity index is 3760. The van der Waals surface area contributed by atoms with E-state index in [1.54, 1.807) is 18.2 Å². The molecule has 0 N–H and O–H groups in total. The van der Waals surface area contributed by atoms with Crippen LogP contribution in [0.4, 0.5) is 0 Å². The molecule has 66 heavy (non-hydrogen) atoms. The fraction of sp³-hybridized carbons (Fsp3) is 0.207. The van der Waals surface area contributed by atoms with Gasteiger partial charge in [0.1, 0.15) is 16.7 Å². The Morgan fingerprint density at radius 3 is 2.14 bits per heavy atom. The predicted octanol–water partition coefficient (Wildman–Crippen LogP) is 15.5. The Labute approximate surface area is 407 Å². The number of imidazole rings is 1. The van der Waals surface area contributed by atoms with Crippen LogP contribution in [0.2, 0.25) is 0 Å². The van der Waals surface area contributed by atoms with Gasteiger partial charge >= 0.3 is 0 Å². The van der Waals surface area contributed by atoms with E-state index in [1.165, 1.54) is 6.07 Å². The molecule has 0 saturated carbocycles. The summed E-state index contributed by atoms with van der Waals surface area (Å²) in [5.74, 6) is 1.15. The first-order valence-electron chi connectivity index (χ1n) is 24.9. The Morgan fingerprint density at radius 2 is 1.42 bits per heavy atom. The Balaban J connectivity index is 0.000000321. The molecule has 8 heteroatoms.